The van der Waals surface area contributed by atoms with Gasteiger partial charge in [0, 0.05) is 12.5 Å². The van der Waals surface area contributed by atoms with Gasteiger partial charge in [0.2, 0.25) is 0 Å². The van der Waals surface area contributed by atoms with Crippen LogP contribution >= 0.6 is 0 Å². The number of nitrogens with one attached hydrogen (secondary N) is 1. The van der Waals surface area contributed by atoms with Crippen LogP contribution in [0.5, 0.6) is 0 Å². The van der Waals surface area contributed by atoms with Gasteiger partial charge in [0.05, 0.1) is 0 Å². The molecule has 1 saturated carbocycles. The Morgan fingerprint density at radius 3 is 2.50 bits per heavy atom. The molecule has 0 radical (unpaired) electrons. The third-order valence-electron chi connectivity index (χ3n) is 3.26. The molecule has 0 aliphatic heterocycles. The molecule has 1 fully saturated rings. The van der Waals surface area contributed by atoms with Crippen LogP contribution in [0.2, 0.25) is 0 Å². The van der Waals surface area contributed by atoms with Crippen LogP contribution in [0.1, 0.15) is 38.5 Å². The summed E-state index contributed by atoms with van der Waals surface area (Å²) in [5.74, 6) is 0.444. The van der Waals surface area contributed by atoms with Crippen LogP contribution in [-0.4, -0.2) is 25.3 Å². The summed E-state index contributed by atoms with van der Waals surface area (Å²) < 4.78 is 35.7. The molecule has 2 atom stereocenters. The Hall–Kier alpha value is -0.290. The van der Waals surface area contributed by atoms with Gasteiger partial charge < -0.3 is 11.1 Å². The predicted molar refractivity (Wildman–Crippen MR) is 58.1 cm³/mol. The molecule has 3 N–H and O–H groups in total. The fourth-order valence-electron chi connectivity index (χ4n) is 2.33. The van der Waals surface area contributed by atoms with Crippen LogP contribution in [-0.2, 0) is 0 Å². The Balaban J connectivity index is 2.15. The molecule has 0 aromatic rings. The number of rotatable bonds is 5. The molecule has 0 saturated heterocycles. The monoisotopic (exact) mass is 238 g/mol. The topological polar surface area (TPSA) is 38.0 Å². The molecule has 0 heterocycles. The molecule has 2 unspecified atom stereocenters. The van der Waals surface area contributed by atoms with Gasteiger partial charge in [-0.3, -0.25) is 0 Å². The molecule has 0 amide bonds. The summed E-state index contributed by atoms with van der Waals surface area (Å²) in [6.07, 6.45) is -0.0455. The fourth-order valence-corrected chi connectivity index (χ4v) is 2.33. The van der Waals surface area contributed by atoms with Crippen molar-refractivity contribution in [2.45, 2.75) is 50.7 Å². The Morgan fingerprint density at radius 1 is 1.19 bits per heavy atom. The lowest BCUT2D eigenvalue weighted by atomic mass is 9.84. The average Bonchev–Trinajstić information content (AvgIpc) is 2.23. The summed E-state index contributed by atoms with van der Waals surface area (Å²) in [4.78, 5) is 0. The first-order chi connectivity index (χ1) is 7.53. The molecule has 0 spiro atoms. The van der Waals surface area contributed by atoms with Gasteiger partial charge >= 0.3 is 6.18 Å². The van der Waals surface area contributed by atoms with E-state index in [4.69, 9.17) is 5.73 Å². The fraction of sp³-hybridized carbons (Fsp3) is 1.00. The summed E-state index contributed by atoms with van der Waals surface area (Å²) in [5.41, 5.74) is 5.65. The van der Waals surface area contributed by atoms with E-state index in [-0.39, 0.29) is 6.42 Å². The molecular weight excluding hydrogens is 217 g/mol. The summed E-state index contributed by atoms with van der Waals surface area (Å²) in [7, 11) is 0. The van der Waals surface area contributed by atoms with Gasteiger partial charge in [-0.25, -0.2) is 0 Å². The Morgan fingerprint density at radius 2 is 1.88 bits per heavy atom. The molecule has 0 aromatic heterocycles. The Bertz CT molecular complexity index is 194. The van der Waals surface area contributed by atoms with Gasteiger partial charge in [-0.2, -0.15) is 13.2 Å². The van der Waals surface area contributed by atoms with E-state index in [0.29, 0.717) is 25.0 Å². The second-order valence-electron chi connectivity index (χ2n) is 4.56. The third kappa shape index (κ3) is 5.16. The molecule has 1 aliphatic rings. The van der Waals surface area contributed by atoms with E-state index in [9.17, 15) is 13.2 Å². The Labute approximate surface area is 94.8 Å². The first-order valence-corrected chi connectivity index (χ1v) is 6.03. The molecule has 1 rings (SSSR count). The van der Waals surface area contributed by atoms with Crippen LogP contribution in [0.4, 0.5) is 13.2 Å². The maximum atomic E-state index is 11.9. The van der Waals surface area contributed by atoms with Crippen LogP contribution in [0.15, 0.2) is 0 Å². The van der Waals surface area contributed by atoms with Crippen LogP contribution in [0.25, 0.3) is 0 Å². The average molecular weight is 238 g/mol. The molecule has 1 aliphatic carbocycles. The second-order valence-corrected chi connectivity index (χ2v) is 4.56. The van der Waals surface area contributed by atoms with Crippen molar-refractivity contribution < 1.29 is 13.2 Å². The lowest BCUT2D eigenvalue weighted by molar-refractivity contribution is -0.135. The smallest absolute Gasteiger partial charge is 0.330 e. The highest BCUT2D eigenvalue weighted by Gasteiger charge is 2.27. The van der Waals surface area contributed by atoms with Crippen LogP contribution in [0, 0.1) is 5.92 Å². The van der Waals surface area contributed by atoms with E-state index in [1.165, 1.54) is 6.42 Å². The number of hydrogen-bond acceptors (Lipinski definition) is 2. The van der Waals surface area contributed by atoms with Gasteiger partial charge in [0.25, 0.3) is 0 Å². The van der Waals surface area contributed by atoms with Gasteiger partial charge in [-0.05, 0) is 38.3 Å². The van der Waals surface area contributed by atoms with E-state index < -0.39 is 12.6 Å². The van der Waals surface area contributed by atoms with Crippen molar-refractivity contribution in [1.29, 1.82) is 0 Å². The molecule has 96 valence electrons. The lowest BCUT2D eigenvalue weighted by Gasteiger charge is -2.31. The highest BCUT2D eigenvalue weighted by atomic mass is 19.4. The molecule has 2 nitrogen and oxygen atoms in total. The molecule has 0 bridgehead atoms. The van der Waals surface area contributed by atoms with Crippen molar-refractivity contribution in [2.75, 3.05) is 13.1 Å². The standard InChI is InChI=1S/C11H21F3N2/c12-11(13,14)6-3-7-16-10-5-2-1-4-9(10)8-15/h9-10,16H,1-8,15H2. The van der Waals surface area contributed by atoms with Crippen molar-refractivity contribution in [2.24, 2.45) is 11.7 Å². The molecule has 16 heavy (non-hydrogen) atoms. The predicted octanol–water partition coefficient (Wildman–Crippen LogP) is 2.44. The molecule has 0 aromatic carbocycles. The van der Waals surface area contributed by atoms with Crippen molar-refractivity contribution in [3.63, 3.8) is 0 Å². The van der Waals surface area contributed by atoms with Gasteiger partial charge in [-0.1, -0.05) is 12.8 Å². The van der Waals surface area contributed by atoms with E-state index in [1.54, 1.807) is 0 Å². The normalized spacial score (nSPS) is 27.0. The maximum Gasteiger partial charge on any atom is 0.389 e. The molecular formula is C11H21F3N2. The zero-order chi connectivity index (χ0) is 12.0. The first-order valence-electron chi connectivity index (χ1n) is 6.03. The minimum absolute atomic E-state index is 0.164. The summed E-state index contributed by atoms with van der Waals surface area (Å²) >= 11 is 0. The lowest BCUT2D eigenvalue weighted by Crippen LogP contribution is -2.42. The van der Waals surface area contributed by atoms with E-state index >= 15 is 0 Å². The van der Waals surface area contributed by atoms with Gasteiger partial charge in [0.15, 0.2) is 0 Å². The zero-order valence-electron chi connectivity index (χ0n) is 9.52. The van der Waals surface area contributed by atoms with E-state index in [0.717, 1.165) is 19.3 Å². The zero-order valence-corrected chi connectivity index (χ0v) is 9.52. The minimum atomic E-state index is -4.03. The number of halogens is 3. The van der Waals surface area contributed by atoms with Crippen molar-refractivity contribution in [3.05, 3.63) is 0 Å². The summed E-state index contributed by atoms with van der Waals surface area (Å²) in [6, 6.07) is 0.326. The van der Waals surface area contributed by atoms with Crippen molar-refractivity contribution in [1.82, 2.24) is 5.32 Å². The maximum absolute atomic E-state index is 11.9. The SMILES string of the molecule is NCC1CCCCC1NCCCC(F)(F)F. The largest absolute Gasteiger partial charge is 0.389 e. The van der Waals surface area contributed by atoms with Gasteiger partial charge in [-0.15, -0.1) is 0 Å². The van der Waals surface area contributed by atoms with Gasteiger partial charge in [0.1, 0.15) is 0 Å². The highest BCUT2D eigenvalue weighted by Crippen LogP contribution is 2.24. The van der Waals surface area contributed by atoms with Crippen LogP contribution in [0.3, 0.4) is 0 Å². The van der Waals surface area contributed by atoms with Crippen molar-refractivity contribution >= 4 is 0 Å². The summed E-state index contributed by atoms with van der Waals surface area (Å²) in [5, 5.41) is 3.22. The summed E-state index contributed by atoms with van der Waals surface area (Å²) in [6.45, 7) is 1.08. The quantitative estimate of drug-likeness (QED) is 0.722. The molecule has 5 heteroatoms. The minimum Gasteiger partial charge on any atom is -0.330 e. The van der Waals surface area contributed by atoms with Crippen LogP contribution < -0.4 is 11.1 Å². The number of alkyl halides is 3. The number of nitrogens with two attached hydrogens (primary N) is 1. The first kappa shape index (κ1) is 13.8. The second kappa shape index (κ2) is 6.45. The van der Waals surface area contributed by atoms with E-state index in [2.05, 4.69) is 5.32 Å². The van der Waals surface area contributed by atoms with E-state index in [1.807, 2.05) is 0 Å². The third-order valence-corrected chi connectivity index (χ3v) is 3.26. The number of hydrogen-bond donors (Lipinski definition) is 2. The highest BCUT2D eigenvalue weighted by molar-refractivity contribution is 4.81. The Kier molecular flexibility index (Phi) is 5.55. The van der Waals surface area contributed by atoms with Crippen molar-refractivity contribution in [3.8, 4) is 0 Å².